The lowest BCUT2D eigenvalue weighted by molar-refractivity contribution is 0.103. The molecule has 0 saturated heterocycles. The average molecular weight is 500 g/mol. The Morgan fingerprint density at radius 2 is 1.29 bits per heavy atom. The molecule has 6 heteroatoms. The van der Waals surface area contributed by atoms with Gasteiger partial charge >= 0.3 is 0 Å². The summed E-state index contributed by atoms with van der Waals surface area (Å²) in [6, 6.07) is 11.6. The molecule has 0 aliphatic rings. The second-order valence-corrected chi connectivity index (χ2v) is 22.1. The number of hydrogen-bond donors (Lipinski definition) is 1. The van der Waals surface area contributed by atoms with Crippen LogP contribution in [0.4, 0.5) is 5.69 Å². The molecule has 4 nitrogen and oxygen atoms in total. The molecule has 0 fully saturated rings. The smallest absolute Gasteiger partial charge is 0.195 e. The normalized spacial score (nSPS) is 13.3. The minimum atomic E-state index is -2.02. The van der Waals surface area contributed by atoms with Gasteiger partial charge in [-0.05, 0) is 60.4 Å². The van der Waals surface area contributed by atoms with E-state index < -0.39 is 16.6 Å². The molecule has 188 valence electrons. The second-order valence-electron chi connectivity index (χ2n) is 12.5. The molecular weight excluding hydrogens is 454 g/mol. The lowest BCUT2D eigenvalue weighted by Crippen LogP contribution is -2.40. The number of carbonyl (C=O) groups is 1. The highest BCUT2D eigenvalue weighted by molar-refractivity contribution is 6.74. The van der Waals surface area contributed by atoms with Crippen molar-refractivity contribution in [1.29, 1.82) is 0 Å². The van der Waals surface area contributed by atoms with Gasteiger partial charge in [-0.15, -0.1) is 0 Å². The number of rotatable bonds is 8. The van der Waals surface area contributed by atoms with Crippen molar-refractivity contribution in [1.82, 2.24) is 0 Å². The van der Waals surface area contributed by atoms with Crippen molar-refractivity contribution >= 4 is 28.1 Å². The van der Waals surface area contributed by atoms with Crippen LogP contribution in [0.15, 0.2) is 36.4 Å². The van der Waals surface area contributed by atoms with Crippen molar-refractivity contribution in [3.8, 4) is 0 Å². The van der Waals surface area contributed by atoms with E-state index in [1.165, 1.54) is 0 Å². The lowest BCUT2D eigenvalue weighted by Gasteiger charge is -2.37. The molecule has 0 aromatic heterocycles. The molecule has 0 atom stereocenters. The van der Waals surface area contributed by atoms with Gasteiger partial charge in [-0.25, -0.2) is 0 Å². The molecule has 0 aliphatic heterocycles. The summed E-state index contributed by atoms with van der Waals surface area (Å²) in [7, 11) is -3.94. The molecule has 34 heavy (non-hydrogen) atoms. The minimum Gasteiger partial charge on any atom is -0.413 e. The van der Waals surface area contributed by atoms with E-state index in [-0.39, 0.29) is 15.9 Å². The summed E-state index contributed by atoms with van der Waals surface area (Å²) in [5.41, 5.74) is 11.1. The van der Waals surface area contributed by atoms with Gasteiger partial charge in [0.15, 0.2) is 22.4 Å². The van der Waals surface area contributed by atoms with Crippen LogP contribution in [0, 0.1) is 6.92 Å². The fourth-order valence-corrected chi connectivity index (χ4v) is 4.98. The number of anilines is 1. The van der Waals surface area contributed by atoms with Gasteiger partial charge in [0.2, 0.25) is 0 Å². The zero-order valence-corrected chi connectivity index (χ0v) is 25.2. The summed E-state index contributed by atoms with van der Waals surface area (Å²) in [4.78, 5) is 13.5. The molecule has 0 saturated carbocycles. The van der Waals surface area contributed by atoms with Crippen molar-refractivity contribution in [3.63, 3.8) is 0 Å². The van der Waals surface area contributed by atoms with Crippen molar-refractivity contribution in [2.24, 2.45) is 0 Å². The summed E-state index contributed by atoms with van der Waals surface area (Å²) < 4.78 is 13.0. The average Bonchev–Trinajstić information content (AvgIpc) is 2.69. The molecule has 0 heterocycles. The van der Waals surface area contributed by atoms with E-state index >= 15 is 0 Å². The highest BCUT2D eigenvalue weighted by Crippen LogP contribution is 2.39. The Balaban J connectivity index is 2.47. The maximum absolute atomic E-state index is 13.5. The van der Waals surface area contributed by atoms with Crippen LogP contribution in [-0.4, -0.2) is 22.4 Å². The van der Waals surface area contributed by atoms with Crippen LogP contribution in [0.2, 0.25) is 36.3 Å². The molecule has 2 aromatic rings. The number of nitrogens with two attached hydrogens (primary N) is 1. The number of carbonyl (C=O) groups excluding carboxylic acids is 1. The van der Waals surface area contributed by atoms with Crippen LogP contribution in [0.25, 0.3) is 0 Å². The van der Waals surface area contributed by atoms with Gasteiger partial charge in [-0.3, -0.25) is 4.79 Å². The zero-order chi connectivity index (χ0) is 26.1. The number of aryl methyl sites for hydroxylation is 1. The van der Waals surface area contributed by atoms with Gasteiger partial charge in [0.25, 0.3) is 0 Å². The van der Waals surface area contributed by atoms with Gasteiger partial charge in [0.05, 0.1) is 18.8 Å². The standard InChI is InChI=1S/C28H45NO3Si2/c1-20-12-14-22(15-13-20)26(30)25-23(19-32-34(10,11)28(5,6)7)16-21(17-24(25)29)18-31-33(8,9)27(2,3)4/h12-17H,18-19,29H2,1-11H3. The predicted molar refractivity (Wildman–Crippen MR) is 149 cm³/mol. The number of hydrogen-bond acceptors (Lipinski definition) is 4. The quantitative estimate of drug-likeness (QED) is 0.228. The molecule has 0 amide bonds. The maximum Gasteiger partial charge on any atom is 0.195 e. The SMILES string of the molecule is Cc1ccc(C(=O)c2c(N)cc(CO[Si](C)(C)C(C)(C)C)cc2CO[Si](C)(C)C(C)(C)C)cc1. The monoisotopic (exact) mass is 499 g/mol. The van der Waals surface area contributed by atoms with E-state index in [1.807, 2.05) is 37.3 Å². The molecule has 0 bridgehead atoms. The number of benzene rings is 2. The van der Waals surface area contributed by atoms with Gasteiger partial charge < -0.3 is 14.6 Å². The molecule has 0 unspecified atom stereocenters. The molecule has 2 N–H and O–H groups in total. The van der Waals surface area contributed by atoms with Gasteiger partial charge in [-0.2, -0.15) is 0 Å². The fourth-order valence-electron chi connectivity index (χ4n) is 3.07. The summed E-state index contributed by atoms with van der Waals surface area (Å²) in [5.74, 6) is -0.0665. The molecular formula is C28H45NO3Si2. The molecule has 0 aliphatic carbocycles. The summed E-state index contributed by atoms with van der Waals surface area (Å²) in [6.07, 6.45) is 0. The first kappa shape index (κ1) is 28.5. The minimum absolute atomic E-state index is 0.0665. The topological polar surface area (TPSA) is 61.6 Å². The van der Waals surface area contributed by atoms with E-state index in [0.29, 0.717) is 30.0 Å². The first-order valence-corrected chi connectivity index (χ1v) is 18.0. The first-order chi connectivity index (χ1) is 15.4. The van der Waals surface area contributed by atoms with Gasteiger partial charge in [-0.1, -0.05) is 77.4 Å². The largest absolute Gasteiger partial charge is 0.413 e. The Kier molecular flexibility index (Phi) is 8.46. The fraction of sp³-hybridized carbons (Fsp3) is 0.536. The predicted octanol–water partition coefficient (Wildman–Crippen LogP) is 7.85. The maximum atomic E-state index is 13.5. The van der Waals surface area contributed by atoms with Gasteiger partial charge in [0, 0.05) is 11.3 Å². The lowest BCUT2D eigenvalue weighted by atomic mass is 9.94. The van der Waals surface area contributed by atoms with Crippen molar-refractivity contribution < 1.29 is 13.6 Å². The van der Waals surface area contributed by atoms with Crippen LogP contribution in [0.5, 0.6) is 0 Å². The van der Waals surface area contributed by atoms with E-state index in [2.05, 4.69) is 73.8 Å². The van der Waals surface area contributed by atoms with E-state index in [1.54, 1.807) is 0 Å². The van der Waals surface area contributed by atoms with Crippen molar-refractivity contribution in [2.75, 3.05) is 5.73 Å². The van der Waals surface area contributed by atoms with E-state index in [0.717, 1.165) is 16.7 Å². The van der Waals surface area contributed by atoms with Crippen LogP contribution >= 0.6 is 0 Å². The van der Waals surface area contributed by atoms with E-state index in [9.17, 15) is 4.79 Å². The molecule has 0 spiro atoms. The Morgan fingerprint density at radius 3 is 1.76 bits per heavy atom. The van der Waals surface area contributed by atoms with E-state index in [4.69, 9.17) is 14.6 Å². The van der Waals surface area contributed by atoms with Crippen molar-refractivity contribution in [3.05, 3.63) is 64.2 Å². The highest BCUT2D eigenvalue weighted by atomic mass is 28.4. The van der Waals surface area contributed by atoms with Crippen LogP contribution in [0.3, 0.4) is 0 Å². The Morgan fingerprint density at radius 1 is 0.824 bits per heavy atom. The third-order valence-electron chi connectivity index (χ3n) is 7.65. The van der Waals surface area contributed by atoms with Gasteiger partial charge in [0.1, 0.15) is 0 Å². The molecule has 2 aromatic carbocycles. The van der Waals surface area contributed by atoms with Crippen LogP contribution in [-0.2, 0) is 22.1 Å². The van der Waals surface area contributed by atoms with Crippen molar-refractivity contribution in [2.45, 2.75) is 97.9 Å². The van der Waals surface area contributed by atoms with Crippen LogP contribution < -0.4 is 5.73 Å². The molecule has 0 radical (unpaired) electrons. The third kappa shape index (κ3) is 6.69. The summed E-state index contributed by atoms with van der Waals surface area (Å²) in [5, 5.41) is 0.191. The highest BCUT2D eigenvalue weighted by Gasteiger charge is 2.38. The molecule has 2 rings (SSSR count). The third-order valence-corrected chi connectivity index (χ3v) is 16.6. The Labute approximate surface area is 209 Å². The summed E-state index contributed by atoms with van der Waals surface area (Å²) >= 11 is 0. The van der Waals surface area contributed by atoms with Crippen LogP contribution in [0.1, 0.15) is 74.2 Å². The second kappa shape index (κ2) is 10.1. The number of ketones is 1. The Bertz CT molecular complexity index is 1010. The number of nitrogen functional groups attached to an aromatic ring is 1. The summed E-state index contributed by atoms with van der Waals surface area (Å²) in [6.45, 7) is 25.1. The first-order valence-electron chi connectivity index (χ1n) is 12.2. The zero-order valence-electron chi connectivity index (χ0n) is 23.2. The Hall–Kier alpha value is -1.74.